The van der Waals surface area contributed by atoms with Gasteiger partial charge in [0.05, 0.1) is 26.2 Å². The number of piperidine rings is 1. The normalized spacial score (nSPS) is 20.8. The summed E-state index contributed by atoms with van der Waals surface area (Å²) in [5, 5.41) is 0. The molecule has 36 heavy (non-hydrogen) atoms. The van der Waals surface area contributed by atoms with Crippen molar-refractivity contribution in [3.8, 4) is 11.5 Å². The molecule has 2 atom stereocenters. The molecule has 0 N–H and O–H groups in total. The number of carbonyl (C=O) groups excluding carboxylic acids is 2. The van der Waals surface area contributed by atoms with Crippen molar-refractivity contribution in [2.45, 2.75) is 45.1 Å². The van der Waals surface area contributed by atoms with E-state index in [1.54, 1.807) is 14.2 Å². The molecule has 2 aromatic carbocycles. The summed E-state index contributed by atoms with van der Waals surface area (Å²) in [5.74, 6) is 1.58. The predicted octanol–water partition coefficient (Wildman–Crippen LogP) is 4.52. The van der Waals surface area contributed by atoms with Gasteiger partial charge in [-0.2, -0.15) is 0 Å². The van der Waals surface area contributed by atoms with Gasteiger partial charge in [0.2, 0.25) is 11.8 Å². The molecule has 194 valence electrons. The molecule has 2 aliphatic heterocycles. The van der Waals surface area contributed by atoms with Crippen molar-refractivity contribution >= 4 is 17.5 Å². The molecule has 2 fully saturated rings. The third-order valence-electron chi connectivity index (χ3n) is 7.48. The maximum atomic E-state index is 14.1. The molecule has 2 saturated heterocycles. The molecule has 7 heteroatoms. The summed E-state index contributed by atoms with van der Waals surface area (Å²) in [4.78, 5) is 33.4. The lowest BCUT2D eigenvalue weighted by atomic mass is 9.82. The Hall–Kier alpha value is -3.22. The second kappa shape index (κ2) is 12.2. The fraction of sp³-hybridized carbons (Fsp3) is 0.517. The minimum Gasteiger partial charge on any atom is -0.497 e. The van der Waals surface area contributed by atoms with Crippen molar-refractivity contribution in [1.82, 2.24) is 9.80 Å². The van der Waals surface area contributed by atoms with Crippen LogP contribution in [0.5, 0.6) is 11.5 Å². The topological polar surface area (TPSA) is 62.3 Å². The van der Waals surface area contributed by atoms with Crippen molar-refractivity contribution in [3.63, 3.8) is 0 Å². The maximum Gasteiger partial charge on any atom is 0.228 e. The first-order valence-corrected chi connectivity index (χ1v) is 13.2. The molecule has 2 heterocycles. The Bertz CT molecular complexity index is 1030. The molecule has 2 unspecified atom stereocenters. The number of hydrogen-bond acceptors (Lipinski definition) is 5. The van der Waals surface area contributed by atoms with E-state index in [4.69, 9.17) is 9.47 Å². The predicted molar refractivity (Wildman–Crippen MR) is 141 cm³/mol. The van der Waals surface area contributed by atoms with Gasteiger partial charge >= 0.3 is 0 Å². The Labute approximate surface area is 215 Å². The van der Waals surface area contributed by atoms with E-state index in [-0.39, 0.29) is 23.8 Å². The van der Waals surface area contributed by atoms with Crippen LogP contribution in [-0.2, 0) is 9.59 Å². The summed E-state index contributed by atoms with van der Waals surface area (Å²) in [6.45, 7) is 5.86. The van der Waals surface area contributed by atoms with Crippen LogP contribution in [0.2, 0.25) is 0 Å². The highest BCUT2D eigenvalue weighted by atomic mass is 16.5. The first-order chi connectivity index (χ1) is 17.6. The minimum absolute atomic E-state index is 0.130. The van der Waals surface area contributed by atoms with Gasteiger partial charge in [-0.3, -0.25) is 9.59 Å². The number of methoxy groups -OCH3 is 2. The minimum atomic E-state index is -0.303. The number of likely N-dealkylation sites (tertiary alicyclic amines) is 1. The van der Waals surface area contributed by atoms with Gasteiger partial charge in [0.1, 0.15) is 11.5 Å². The maximum absolute atomic E-state index is 14.1. The van der Waals surface area contributed by atoms with Gasteiger partial charge < -0.3 is 24.2 Å². The molecule has 0 bridgehead atoms. The van der Waals surface area contributed by atoms with Crippen LogP contribution in [0.15, 0.2) is 48.5 Å². The fourth-order valence-corrected chi connectivity index (χ4v) is 5.52. The second-order valence-electron chi connectivity index (χ2n) is 9.64. The number of ether oxygens (including phenoxy) is 2. The summed E-state index contributed by atoms with van der Waals surface area (Å²) in [7, 11) is 3.32. The molecule has 0 aromatic heterocycles. The average Bonchev–Trinajstić information content (AvgIpc) is 3.18. The zero-order chi connectivity index (χ0) is 25.5. The largest absolute Gasteiger partial charge is 0.497 e. The smallest absolute Gasteiger partial charge is 0.228 e. The molecule has 2 aliphatic rings. The first-order valence-electron chi connectivity index (χ1n) is 13.2. The molecule has 0 aliphatic carbocycles. The van der Waals surface area contributed by atoms with E-state index in [1.165, 1.54) is 0 Å². The number of benzene rings is 2. The van der Waals surface area contributed by atoms with Crippen molar-refractivity contribution in [1.29, 1.82) is 0 Å². The van der Waals surface area contributed by atoms with Gasteiger partial charge in [0, 0.05) is 50.4 Å². The lowest BCUT2D eigenvalue weighted by Crippen LogP contribution is -2.50. The van der Waals surface area contributed by atoms with Crippen molar-refractivity contribution in [2.75, 3.05) is 51.8 Å². The highest BCUT2D eigenvalue weighted by Crippen LogP contribution is 2.41. The lowest BCUT2D eigenvalue weighted by Gasteiger charge is -2.42. The SMILES string of the molecule is CCCCN1C(=O)CCC(C(=O)N2CCCN(c3ccc(OC)cc3)CC2)C1c1ccccc1OC. The average molecular weight is 494 g/mol. The molecule has 7 nitrogen and oxygen atoms in total. The van der Waals surface area contributed by atoms with Gasteiger partial charge in [-0.05, 0) is 49.6 Å². The molecule has 2 aromatic rings. The van der Waals surface area contributed by atoms with Crippen LogP contribution in [0.4, 0.5) is 5.69 Å². The van der Waals surface area contributed by atoms with E-state index in [9.17, 15) is 9.59 Å². The quantitative estimate of drug-likeness (QED) is 0.541. The Kier molecular flexibility index (Phi) is 8.73. The van der Waals surface area contributed by atoms with E-state index in [0.29, 0.717) is 25.9 Å². The summed E-state index contributed by atoms with van der Waals surface area (Å²) >= 11 is 0. The monoisotopic (exact) mass is 493 g/mol. The van der Waals surface area contributed by atoms with Gasteiger partial charge in [-0.15, -0.1) is 0 Å². The van der Waals surface area contributed by atoms with Crippen LogP contribution in [0.1, 0.15) is 50.6 Å². The summed E-state index contributed by atoms with van der Waals surface area (Å²) in [6.07, 6.45) is 3.80. The second-order valence-corrected chi connectivity index (χ2v) is 9.64. The molecular weight excluding hydrogens is 454 g/mol. The highest BCUT2D eigenvalue weighted by molar-refractivity contribution is 5.85. The molecule has 0 radical (unpaired) electrons. The van der Waals surface area contributed by atoms with Crippen molar-refractivity contribution in [2.24, 2.45) is 5.92 Å². The fourth-order valence-electron chi connectivity index (χ4n) is 5.52. The van der Waals surface area contributed by atoms with Gasteiger partial charge in [-0.1, -0.05) is 31.5 Å². The number of anilines is 1. The number of para-hydroxylation sites is 1. The highest BCUT2D eigenvalue weighted by Gasteiger charge is 2.43. The number of carbonyl (C=O) groups is 2. The molecule has 0 spiro atoms. The van der Waals surface area contributed by atoms with Crippen LogP contribution >= 0.6 is 0 Å². The third kappa shape index (κ3) is 5.61. The Morgan fingerprint density at radius 2 is 1.75 bits per heavy atom. The van der Waals surface area contributed by atoms with Crippen LogP contribution in [0.3, 0.4) is 0 Å². The number of unbranched alkanes of at least 4 members (excludes halogenated alkanes) is 1. The standard InChI is InChI=1S/C29H39N3O4/c1-4-5-19-32-27(33)16-15-25(28(32)24-9-6-7-10-26(24)36-3)29(34)31-18-8-17-30(20-21-31)22-11-13-23(35-2)14-12-22/h6-7,9-14,25,28H,4-5,8,15-21H2,1-3H3. The third-order valence-corrected chi connectivity index (χ3v) is 7.48. The molecule has 4 rings (SSSR count). The van der Waals surface area contributed by atoms with Crippen molar-refractivity contribution in [3.05, 3.63) is 54.1 Å². The zero-order valence-corrected chi connectivity index (χ0v) is 21.8. The van der Waals surface area contributed by atoms with E-state index < -0.39 is 0 Å². The molecule has 0 saturated carbocycles. The summed E-state index contributed by atoms with van der Waals surface area (Å²) in [5.41, 5.74) is 2.07. The van der Waals surface area contributed by atoms with Gasteiger partial charge in [-0.25, -0.2) is 0 Å². The van der Waals surface area contributed by atoms with Crippen LogP contribution < -0.4 is 14.4 Å². The first kappa shape index (κ1) is 25.9. The van der Waals surface area contributed by atoms with E-state index in [2.05, 4.69) is 24.0 Å². The van der Waals surface area contributed by atoms with E-state index in [0.717, 1.165) is 61.6 Å². The van der Waals surface area contributed by atoms with E-state index in [1.807, 2.05) is 46.2 Å². The van der Waals surface area contributed by atoms with Crippen molar-refractivity contribution < 1.29 is 19.1 Å². The van der Waals surface area contributed by atoms with E-state index >= 15 is 0 Å². The number of amides is 2. The Morgan fingerprint density at radius 3 is 2.47 bits per heavy atom. The van der Waals surface area contributed by atoms with Gasteiger partial charge in [0.25, 0.3) is 0 Å². The van der Waals surface area contributed by atoms with Crippen LogP contribution in [-0.4, -0.2) is 68.6 Å². The summed E-state index contributed by atoms with van der Waals surface area (Å²) in [6, 6.07) is 15.6. The number of nitrogens with zero attached hydrogens (tertiary/aromatic N) is 3. The van der Waals surface area contributed by atoms with Crippen LogP contribution in [0.25, 0.3) is 0 Å². The molecule has 2 amide bonds. The molecular formula is C29H39N3O4. The van der Waals surface area contributed by atoms with Crippen LogP contribution in [0, 0.1) is 5.92 Å². The Morgan fingerprint density at radius 1 is 0.972 bits per heavy atom. The lowest BCUT2D eigenvalue weighted by molar-refractivity contribution is -0.148. The Balaban J connectivity index is 1.56. The number of rotatable bonds is 8. The summed E-state index contributed by atoms with van der Waals surface area (Å²) < 4.78 is 11.0. The zero-order valence-electron chi connectivity index (χ0n) is 21.8. The van der Waals surface area contributed by atoms with Gasteiger partial charge in [0.15, 0.2) is 0 Å². The number of hydrogen-bond donors (Lipinski definition) is 0.